The Hall–Kier alpha value is -0.260. The normalized spacial score (nSPS) is 20.2. The van der Waals surface area contributed by atoms with E-state index in [0.29, 0.717) is 0 Å². The minimum Gasteiger partial charge on any atom is -0.0822 e. The SMILES string of the molecule is CC(C)C(C)C=C1CC1. The summed E-state index contributed by atoms with van der Waals surface area (Å²) >= 11 is 0. The summed E-state index contributed by atoms with van der Waals surface area (Å²) in [6, 6.07) is 0. The molecule has 0 spiro atoms. The molecule has 9 heavy (non-hydrogen) atoms. The van der Waals surface area contributed by atoms with Gasteiger partial charge in [0, 0.05) is 0 Å². The fraction of sp³-hybridized carbons (Fsp3) is 0.778. The molecule has 0 nitrogen and oxygen atoms in total. The van der Waals surface area contributed by atoms with E-state index in [-0.39, 0.29) is 0 Å². The maximum absolute atomic E-state index is 2.44. The Balaban J connectivity index is 2.33. The van der Waals surface area contributed by atoms with Crippen molar-refractivity contribution in [3.63, 3.8) is 0 Å². The summed E-state index contributed by atoms with van der Waals surface area (Å²) in [6.45, 7) is 6.87. The Labute approximate surface area is 58.0 Å². The standard InChI is InChI=1S/C9H16/c1-7(2)8(3)6-9-4-5-9/h6-8H,4-5H2,1-3H3. The molecule has 0 radical (unpaired) electrons. The molecular weight excluding hydrogens is 108 g/mol. The van der Waals surface area contributed by atoms with E-state index in [1.165, 1.54) is 12.8 Å². The van der Waals surface area contributed by atoms with E-state index in [1.54, 1.807) is 5.57 Å². The molecule has 0 bridgehead atoms. The molecule has 0 N–H and O–H groups in total. The van der Waals surface area contributed by atoms with E-state index in [0.717, 1.165) is 11.8 Å². The highest BCUT2D eigenvalue weighted by Crippen LogP contribution is 2.30. The predicted molar refractivity (Wildman–Crippen MR) is 41.3 cm³/mol. The smallest absolute Gasteiger partial charge is 0.0236 e. The van der Waals surface area contributed by atoms with Crippen molar-refractivity contribution in [2.75, 3.05) is 0 Å². The molecule has 0 aromatic rings. The number of hydrogen-bond acceptors (Lipinski definition) is 0. The largest absolute Gasteiger partial charge is 0.0822 e. The molecule has 1 aliphatic rings. The molecule has 1 rings (SSSR count). The van der Waals surface area contributed by atoms with Crippen molar-refractivity contribution in [2.24, 2.45) is 11.8 Å². The van der Waals surface area contributed by atoms with Gasteiger partial charge < -0.3 is 0 Å². The number of hydrogen-bond donors (Lipinski definition) is 0. The summed E-state index contributed by atoms with van der Waals surface area (Å²) in [6.07, 6.45) is 5.18. The maximum atomic E-state index is 2.44. The summed E-state index contributed by atoms with van der Waals surface area (Å²) in [4.78, 5) is 0. The van der Waals surface area contributed by atoms with Crippen LogP contribution in [-0.4, -0.2) is 0 Å². The van der Waals surface area contributed by atoms with Crippen molar-refractivity contribution < 1.29 is 0 Å². The summed E-state index contributed by atoms with van der Waals surface area (Å²) in [5.74, 6) is 1.61. The molecule has 1 unspecified atom stereocenters. The monoisotopic (exact) mass is 124 g/mol. The molecule has 0 aromatic carbocycles. The Morgan fingerprint density at radius 3 is 2.11 bits per heavy atom. The van der Waals surface area contributed by atoms with Gasteiger partial charge >= 0.3 is 0 Å². The molecule has 1 atom stereocenters. The first kappa shape index (κ1) is 6.85. The van der Waals surface area contributed by atoms with Gasteiger partial charge in [-0.1, -0.05) is 32.4 Å². The quantitative estimate of drug-likeness (QED) is 0.496. The van der Waals surface area contributed by atoms with Crippen LogP contribution < -0.4 is 0 Å². The lowest BCUT2D eigenvalue weighted by Crippen LogP contribution is -1.98. The zero-order valence-electron chi connectivity index (χ0n) is 6.65. The first-order valence-corrected chi connectivity index (χ1v) is 3.89. The Morgan fingerprint density at radius 2 is 1.78 bits per heavy atom. The molecule has 0 amide bonds. The van der Waals surface area contributed by atoms with Crippen LogP contribution in [0.3, 0.4) is 0 Å². The van der Waals surface area contributed by atoms with Crippen molar-refractivity contribution >= 4 is 0 Å². The second kappa shape index (κ2) is 2.55. The topological polar surface area (TPSA) is 0 Å². The van der Waals surface area contributed by atoms with Crippen LogP contribution in [-0.2, 0) is 0 Å². The van der Waals surface area contributed by atoms with Crippen molar-refractivity contribution in [3.8, 4) is 0 Å². The molecule has 1 saturated carbocycles. The van der Waals surface area contributed by atoms with Gasteiger partial charge in [-0.25, -0.2) is 0 Å². The van der Waals surface area contributed by atoms with Gasteiger partial charge in [0.1, 0.15) is 0 Å². The molecule has 1 aliphatic carbocycles. The summed E-state index contributed by atoms with van der Waals surface area (Å²) in [7, 11) is 0. The average Bonchev–Trinajstić information content (AvgIpc) is 2.50. The minimum absolute atomic E-state index is 0.794. The average molecular weight is 124 g/mol. The van der Waals surface area contributed by atoms with E-state index in [4.69, 9.17) is 0 Å². The molecule has 52 valence electrons. The fourth-order valence-electron chi connectivity index (χ4n) is 0.803. The number of rotatable bonds is 2. The van der Waals surface area contributed by atoms with Gasteiger partial charge in [0.15, 0.2) is 0 Å². The molecule has 0 heteroatoms. The van der Waals surface area contributed by atoms with Gasteiger partial charge in [0.2, 0.25) is 0 Å². The third kappa shape index (κ3) is 2.21. The molecule has 0 aromatic heterocycles. The fourth-order valence-corrected chi connectivity index (χ4v) is 0.803. The van der Waals surface area contributed by atoms with Gasteiger partial charge in [-0.2, -0.15) is 0 Å². The first-order chi connectivity index (χ1) is 4.20. The summed E-state index contributed by atoms with van der Waals surface area (Å²) in [5.41, 5.74) is 1.68. The molecule has 0 heterocycles. The maximum Gasteiger partial charge on any atom is -0.0236 e. The second-order valence-electron chi connectivity index (χ2n) is 3.43. The lowest BCUT2D eigenvalue weighted by Gasteiger charge is -2.08. The van der Waals surface area contributed by atoms with Crippen molar-refractivity contribution in [1.82, 2.24) is 0 Å². The zero-order valence-corrected chi connectivity index (χ0v) is 6.65. The van der Waals surface area contributed by atoms with Crippen LogP contribution in [0, 0.1) is 11.8 Å². The van der Waals surface area contributed by atoms with Gasteiger partial charge in [0.25, 0.3) is 0 Å². The lowest BCUT2D eigenvalue weighted by atomic mass is 9.98. The Bertz CT molecular complexity index is 114. The van der Waals surface area contributed by atoms with Crippen molar-refractivity contribution in [2.45, 2.75) is 33.6 Å². The van der Waals surface area contributed by atoms with Gasteiger partial charge in [0.05, 0.1) is 0 Å². The molecular formula is C9H16. The van der Waals surface area contributed by atoms with Crippen LogP contribution in [0.2, 0.25) is 0 Å². The third-order valence-corrected chi connectivity index (χ3v) is 2.09. The third-order valence-electron chi connectivity index (χ3n) is 2.09. The van der Waals surface area contributed by atoms with E-state index < -0.39 is 0 Å². The van der Waals surface area contributed by atoms with Crippen molar-refractivity contribution in [1.29, 1.82) is 0 Å². The highest BCUT2D eigenvalue weighted by Gasteiger charge is 2.13. The van der Waals surface area contributed by atoms with E-state index in [2.05, 4.69) is 26.8 Å². The van der Waals surface area contributed by atoms with E-state index in [1.807, 2.05) is 0 Å². The molecule has 0 saturated heterocycles. The van der Waals surface area contributed by atoms with E-state index in [9.17, 15) is 0 Å². The highest BCUT2D eigenvalue weighted by atomic mass is 14.2. The summed E-state index contributed by atoms with van der Waals surface area (Å²) in [5, 5.41) is 0. The molecule has 0 aliphatic heterocycles. The minimum atomic E-state index is 0.794. The predicted octanol–water partition coefficient (Wildman–Crippen LogP) is 3.00. The van der Waals surface area contributed by atoms with Crippen LogP contribution in [0.1, 0.15) is 33.6 Å². The zero-order chi connectivity index (χ0) is 6.85. The van der Waals surface area contributed by atoms with Crippen molar-refractivity contribution in [3.05, 3.63) is 11.6 Å². The first-order valence-electron chi connectivity index (χ1n) is 3.89. The van der Waals surface area contributed by atoms with Crippen LogP contribution in [0.15, 0.2) is 11.6 Å². The number of allylic oxidation sites excluding steroid dienone is 2. The van der Waals surface area contributed by atoms with E-state index >= 15 is 0 Å². The Morgan fingerprint density at radius 1 is 1.22 bits per heavy atom. The molecule has 1 fully saturated rings. The van der Waals surface area contributed by atoms with Gasteiger partial charge in [-0.05, 0) is 24.7 Å². The Kier molecular flexibility index (Phi) is 1.94. The van der Waals surface area contributed by atoms with Crippen LogP contribution >= 0.6 is 0 Å². The van der Waals surface area contributed by atoms with Crippen LogP contribution in [0.25, 0.3) is 0 Å². The second-order valence-corrected chi connectivity index (χ2v) is 3.43. The van der Waals surface area contributed by atoms with Crippen LogP contribution in [0.4, 0.5) is 0 Å². The van der Waals surface area contributed by atoms with Gasteiger partial charge in [-0.15, -0.1) is 0 Å². The van der Waals surface area contributed by atoms with Crippen LogP contribution in [0.5, 0.6) is 0 Å². The van der Waals surface area contributed by atoms with Gasteiger partial charge in [-0.3, -0.25) is 0 Å². The summed E-state index contributed by atoms with van der Waals surface area (Å²) < 4.78 is 0. The highest BCUT2D eigenvalue weighted by molar-refractivity contribution is 5.17. The lowest BCUT2D eigenvalue weighted by molar-refractivity contribution is 0.503.